The highest BCUT2D eigenvalue weighted by atomic mass is 32.2. The van der Waals surface area contributed by atoms with Gasteiger partial charge in [0.1, 0.15) is 0 Å². The maximum absolute atomic E-state index is 12.9. The molecule has 0 radical (unpaired) electrons. The summed E-state index contributed by atoms with van der Waals surface area (Å²) in [5.41, 5.74) is 3.43. The second-order valence-electron chi connectivity index (χ2n) is 7.16. The van der Waals surface area contributed by atoms with Crippen molar-refractivity contribution in [3.8, 4) is 5.69 Å². The van der Waals surface area contributed by atoms with Gasteiger partial charge < -0.3 is 4.57 Å². The Labute approximate surface area is 180 Å². The highest BCUT2D eigenvalue weighted by molar-refractivity contribution is 7.90. The monoisotopic (exact) mass is 435 g/mol. The van der Waals surface area contributed by atoms with Gasteiger partial charge in [-0.25, -0.2) is 22.8 Å². The van der Waals surface area contributed by atoms with Gasteiger partial charge in [-0.3, -0.25) is 4.79 Å². The van der Waals surface area contributed by atoms with Gasteiger partial charge in [0.2, 0.25) is 0 Å². The van der Waals surface area contributed by atoms with Gasteiger partial charge in [-0.05, 0) is 55.8 Å². The maximum atomic E-state index is 12.9. The molecular formula is C22H21N5O3S. The van der Waals surface area contributed by atoms with E-state index >= 15 is 0 Å². The molecule has 158 valence electrons. The van der Waals surface area contributed by atoms with Gasteiger partial charge >= 0.3 is 0 Å². The molecule has 0 atom stereocenters. The third-order valence-electron chi connectivity index (χ3n) is 4.78. The lowest BCUT2D eigenvalue weighted by Crippen LogP contribution is -2.31. The number of amides is 1. The van der Waals surface area contributed by atoms with E-state index in [2.05, 4.69) is 14.8 Å². The molecule has 31 heavy (non-hydrogen) atoms. The fourth-order valence-corrected chi connectivity index (χ4v) is 4.56. The van der Waals surface area contributed by atoms with Gasteiger partial charge in [0, 0.05) is 30.2 Å². The van der Waals surface area contributed by atoms with Crippen LogP contribution >= 0.6 is 0 Å². The second-order valence-corrected chi connectivity index (χ2v) is 8.81. The zero-order chi connectivity index (χ0) is 22.0. The molecule has 0 bridgehead atoms. The van der Waals surface area contributed by atoms with Gasteiger partial charge in [-0.2, -0.15) is 5.10 Å². The molecule has 4 rings (SSSR count). The summed E-state index contributed by atoms with van der Waals surface area (Å²) in [7, 11) is -4.06. The van der Waals surface area contributed by atoms with Crippen LogP contribution in [0.15, 0.2) is 78.2 Å². The van der Waals surface area contributed by atoms with Crippen molar-refractivity contribution in [3.63, 3.8) is 0 Å². The quantitative estimate of drug-likeness (QED) is 0.502. The Hall–Kier alpha value is -3.72. The number of sulfonamides is 1. The molecule has 8 nitrogen and oxygen atoms in total. The molecule has 0 saturated heterocycles. The highest BCUT2D eigenvalue weighted by Gasteiger charge is 2.22. The minimum absolute atomic E-state index is 0.0521. The number of benzene rings is 2. The number of nitrogens with zero attached hydrogens (tertiary/aromatic N) is 4. The van der Waals surface area contributed by atoms with Crippen molar-refractivity contribution >= 4 is 15.9 Å². The second kappa shape index (κ2) is 8.19. The zero-order valence-electron chi connectivity index (χ0n) is 17.1. The summed E-state index contributed by atoms with van der Waals surface area (Å²) in [6.07, 6.45) is 4.97. The van der Waals surface area contributed by atoms with E-state index in [4.69, 9.17) is 0 Å². The summed E-state index contributed by atoms with van der Waals surface area (Å²) in [5, 5.41) is 4.41. The molecular weight excluding hydrogens is 414 g/mol. The summed E-state index contributed by atoms with van der Waals surface area (Å²) in [6, 6.07) is 15.1. The highest BCUT2D eigenvalue weighted by Crippen LogP contribution is 2.18. The van der Waals surface area contributed by atoms with E-state index in [0.29, 0.717) is 12.1 Å². The lowest BCUT2D eigenvalue weighted by atomic mass is 10.2. The first-order valence-electron chi connectivity index (χ1n) is 9.58. The van der Waals surface area contributed by atoms with E-state index in [1.54, 1.807) is 70.4 Å². The van der Waals surface area contributed by atoms with Crippen LogP contribution in [-0.2, 0) is 16.6 Å². The average molecular weight is 436 g/mol. The van der Waals surface area contributed by atoms with E-state index in [0.717, 1.165) is 17.1 Å². The molecule has 9 heteroatoms. The lowest BCUT2D eigenvalue weighted by Gasteiger charge is -2.12. The van der Waals surface area contributed by atoms with E-state index < -0.39 is 15.9 Å². The van der Waals surface area contributed by atoms with Crippen molar-refractivity contribution < 1.29 is 13.2 Å². The molecule has 2 heterocycles. The van der Waals surface area contributed by atoms with Gasteiger partial charge in [0.25, 0.3) is 15.9 Å². The summed E-state index contributed by atoms with van der Waals surface area (Å²) < 4.78 is 31.6. The lowest BCUT2D eigenvalue weighted by molar-refractivity contribution is 0.0981. The minimum atomic E-state index is -4.06. The number of aryl methyl sites for hydroxylation is 2. The Morgan fingerprint density at radius 2 is 1.81 bits per heavy atom. The van der Waals surface area contributed by atoms with Crippen LogP contribution in [0.2, 0.25) is 0 Å². The van der Waals surface area contributed by atoms with Crippen molar-refractivity contribution in [2.45, 2.75) is 25.3 Å². The molecule has 1 N–H and O–H groups in total. The molecule has 2 aromatic carbocycles. The fraction of sp³-hybridized carbons (Fsp3) is 0.136. The molecule has 0 fully saturated rings. The third kappa shape index (κ3) is 4.41. The van der Waals surface area contributed by atoms with Crippen LogP contribution in [0, 0.1) is 13.8 Å². The van der Waals surface area contributed by atoms with Crippen molar-refractivity contribution in [1.29, 1.82) is 0 Å². The predicted molar refractivity (Wildman–Crippen MR) is 115 cm³/mol. The first-order valence-corrected chi connectivity index (χ1v) is 11.1. The van der Waals surface area contributed by atoms with E-state index in [-0.39, 0.29) is 10.5 Å². The molecule has 0 spiro atoms. The smallest absolute Gasteiger partial charge is 0.264 e. The maximum Gasteiger partial charge on any atom is 0.264 e. The standard InChI is InChI=1S/C22H21N5O3S/c1-16-13-17(2)27(24-16)20-9-7-18(8-10-20)22(28)25-31(29,30)21-6-4-3-5-19(21)14-26-12-11-23-15-26/h3-13,15H,14H2,1-2H3,(H,25,28). The molecule has 1 amide bonds. The summed E-state index contributed by atoms with van der Waals surface area (Å²) in [5.74, 6) is -0.697. The van der Waals surface area contributed by atoms with Crippen LogP contribution < -0.4 is 4.72 Å². The minimum Gasteiger partial charge on any atom is -0.333 e. The number of imidazole rings is 1. The first-order chi connectivity index (χ1) is 14.8. The molecule has 0 unspecified atom stereocenters. The molecule has 0 aliphatic heterocycles. The number of aromatic nitrogens is 4. The van der Waals surface area contributed by atoms with Crippen LogP contribution in [0.5, 0.6) is 0 Å². The predicted octanol–water partition coefficient (Wildman–Crippen LogP) is 2.85. The van der Waals surface area contributed by atoms with Gasteiger partial charge in [-0.1, -0.05) is 18.2 Å². The number of rotatable bonds is 6. The summed E-state index contributed by atoms with van der Waals surface area (Å²) in [6.45, 7) is 4.16. The van der Waals surface area contributed by atoms with Crippen LogP contribution in [0.1, 0.15) is 27.3 Å². The number of nitrogens with one attached hydrogen (secondary N) is 1. The number of carbonyl (C=O) groups is 1. The van der Waals surface area contributed by atoms with Gasteiger partial charge in [0.05, 0.1) is 22.6 Å². The number of hydrogen-bond donors (Lipinski definition) is 1. The van der Waals surface area contributed by atoms with Crippen molar-refractivity contribution in [2.75, 3.05) is 0 Å². The third-order valence-corrected chi connectivity index (χ3v) is 6.22. The SMILES string of the molecule is Cc1cc(C)n(-c2ccc(C(=O)NS(=O)(=O)c3ccccc3Cn3ccnc3)cc2)n1. The Kier molecular flexibility index (Phi) is 5.43. The topological polar surface area (TPSA) is 98.9 Å². The van der Waals surface area contributed by atoms with Crippen molar-refractivity contribution in [3.05, 3.63) is 95.8 Å². The average Bonchev–Trinajstić information content (AvgIpc) is 3.37. The Bertz CT molecular complexity index is 1320. The van der Waals surface area contributed by atoms with Crippen molar-refractivity contribution in [1.82, 2.24) is 24.1 Å². The normalized spacial score (nSPS) is 11.4. The summed E-state index contributed by atoms with van der Waals surface area (Å²) >= 11 is 0. The van der Waals surface area contributed by atoms with Crippen LogP contribution in [-0.4, -0.2) is 33.7 Å². The first kappa shape index (κ1) is 20.5. The molecule has 0 aliphatic rings. The van der Waals surface area contributed by atoms with Crippen molar-refractivity contribution in [2.24, 2.45) is 0 Å². The molecule has 0 saturated carbocycles. The Balaban J connectivity index is 1.55. The molecule has 2 aromatic heterocycles. The van der Waals surface area contributed by atoms with E-state index in [1.165, 1.54) is 6.07 Å². The van der Waals surface area contributed by atoms with Crippen LogP contribution in [0.4, 0.5) is 0 Å². The number of hydrogen-bond acceptors (Lipinski definition) is 5. The van der Waals surface area contributed by atoms with E-state index in [1.807, 2.05) is 19.9 Å². The van der Waals surface area contributed by atoms with Gasteiger partial charge in [-0.15, -0.1) is 0 Å². The zero-order valence-corrected chi connectivity index (χ0v) is 17.9. The summed E-state index contributed by atoms with van der Waals surface area (Å²) in [4.78, 5) is 16.7. The van der Waals surface area contributed by atoms with E-state index in [9.17, 15) is 13.2 Å². The fourth-order valence-electron chi connectivity index (χ4n) is 3.35. The Morgan fingerprint density at radius 3 is 2.45 bits per heavy atom. The van der Waals surface area contributed by atoms with Crippen LogP contribution in [0.25, 0.3) is 5.69 Å². The number of carbonyl (C=O) groups excluding carboxylic acids is 1. The Morgan fingerprint density at radius 1 is 1.06 bits per heavy atom. The molecule has 0 aliphatic carbocycles. The molecule has 4 aromatic rings. The van der Waals surface area contributed by atoms with Gasteiger partial charge in [0.15, 0.2) is 0 Å². The largest absolute Gasteiger partial charge is 0.333 e. The van der Waals surface area contributed by atoms with Crippen LogP contribution in [0.3, 0.4) is 0 Å².